The maximum atomic E-state index is 14.3. The molecule has 0 spiro atoms. The number of pyridine rings is 1. The Kier molecular flexibility index (Phi) is 5.46. The molecule has 1 atom stereocenters. The highest BCUT2D eigenvalue weighted by molar-refractivity contribution is 6.09. The van der Waals surface area contributed by atoms with Gasteiger partial charge in [-0.15, -0.1) is 0 Å². The molecule has 0 amide bonds. The van der Waals surface area contributed by atoms with E-state index in [9.17, 15) is 14.0 Å². The summed E-state index contributed by atoms with van der Waals surface area (Å²) in [6.45, 7) is 1.15. The van der Waals surface area contributed by atoms with E-state index in [-0.39, 0.29) is 23.1 Å². The first-order chi connectivity index (χ1) is 16.0. The summed E-state index contributed by atoms with van der Waals surface area (Å²) in [5, 5.41) is 1.08. The minimum atomic E-state index is -0.334. The number of nitrogens with zero attached hydrogens (tertiary/aromatic N) is 4. The van der Waals surface area contributed by atoms with Crippen molar-refractivity contribution in [3.05, 3.63) is 88.7 Å². The molecule has 33 heavy (non-hydrogen) atoms. The summed E-state index contributed by atoms with van der Waals surface area (Å²) < 4.78 is 15.8. The van der Waals surface area contributed by atoms with Crippen LogP contribution in [0.4, 0.5) is 10.3 Å². The molecule has 1 fully saturated rings. The van der Waals surface area contributed by atoms with Gasteiger partial charge < -0.3 is 4.90 Å². The molecule has 0 N–H and O–H groups in total. The molecule has 5 rings (SSSR count). The lowest BCUT2D eigenvalue weighted by Gasteiger charge is -2.33. The van der Waals surface area contributed by atoms with Gasteiger partial charge in [0.25, 0.3) is 5.56 Å². The van der Waals surface area contributed by atoms with Gasteiger partial charge in [0.1, 0.15) is 5.82 Å². The van der Waals surface area contributed by atoms with Gasteiger partial charge in [-0.05, 0) is 42.5 Å². The normalized spacial score (nSPS) is 16.2. The Morgan fingerprint density at radius 2 is 1.82 bits per heavy atom. The van der Waals surface area contributed by atoms with Gasteiger partial charge in [0.15, 0.2) is 5.78 Å². The van der Waals surface area contributed by atoms with Crippen molar-refractivity contribution >= 4 is 22.5 Å². The molecule has 6 nitrogen and oxygen atoms in total. The standard InChI is InChI=1S/C26H23FN4O2/c1-30-24(32)15-23(17-10-12-28-13-11-17)29-26(30)31-14-4-5-18(16-31)25(33)21-8-9-22(27)20-7-3-2-6-19(20)21/h2-3,6-13,15,18H,4-5,14,16H2,1H3. The third-order valence-corrected chi connectivity index (χ3v) is 6.30. The monoisotopic (exact) mass is 442 g/mol. The second-order valence-electron chi connectivity index (χ2n) is 8.36. The molecule has 0 aliphatic carbocycles. The molecule has 0 bridgehead atoms. The zero-order valence-electron chi connectivity index (χ0n) is 18.2. The first-order valence-electron chi connectivity index (χ1n) is 11.0. The lowest BCUT2D eigenvalue weighted by atomic mass is 9.88. The number of carbonyl (C=O) groups excluding carboxylic acids is 1. The molecule has 1 aliphatic rings. The highest BCUT2D eigenvalue weighted by Crippen LogP contribution is 2.29. The first-order valence-corrected chi connectivity index (χ1v) is 11.0. The Balaban J connectivity index is 1.48. The van der Waals surface area contributed by atoms with Crippen LogP contribution in [0.1, 0.15) is 23.2 Å². The summed E-state index contributed by atoms with van der Waals surface area (Å²) in [6, 6.07) is 15.1. The maximum absolute atomic E-state index is 14.3. The minimum Gasteiger partial charge on any atom is -0.341 e. The van der Waals surface area contributed by atoms with Gasteiger partial charge in [-0.2, -0.15) is 0 Å². The van der Waals surface area contributed by atoms with E-state index in [0.29, 0.717) is 41.1 Å². The van der Waals surface area contributed by atoms with Crippen LogP contribution < -0.4 is 10.5 Å². The topological polar surface area (TPSA) is 68.1 Å². The van der Waals surface area contributed by atoms with E-state index < -0.39 is 0 Å². The van der Waals surface area contributed by atoms with Crippen LogP contribution in [0.2, 0.25) is 0 Å². The fourth-order valence-electron chi connectivity index (χ4n) is 4.55. The number of hydrogen-bond acceptors (Lipinski definition) is 5. The quantitative estimate of drug-likeness (QED) is 0.443. The van der Waals surface area contributed by atoms with E-state index >= 15 is 0 Å². The number of Topliss-reactive ketones (excluding diaryl/α,β-unsaturated/α-hetero) is 1. The number of benzene rings is 2. The molecular weight excluding hydrogens is 419 g/mol. The number of fused-ring (bicyclic) bond motifs is 1. The van der Waals surface area contributed by atoms with Gasteiger partial charge in [0.2, 0.25) is 5.95 Å². The second kappa shape index (κ2) is 8.58. The summed E-state index contributed by atoms with van der Waals surface area (Å²) >= 11 is 0. The first kappa shape index (κ1) is 21.0. The van der Waals surface area contributed by atoms with Gasteiger partial charge >= 0.3 is 0 Å². The van der Waals surface area contributed by atoms with Crippen molar-refractivity contribution in [3.63, 3.8) is 0 Å². The molecule has 7 heteroatoms. The van der Waals surface area contributed by atoms with E-state index in [0.717, 1.165) is 18.4 Å². The number of anilines is 1. The van der Waals surface area contributed by atoms with Crippen molar-refractivity contribution in [1.82, 2.24) is 14.5 Å². The summed E-state index contributed by atoms with van der Waals surface area (Å²) in [7, 11) is 1.69. The highest BCUT2D eigenvalue weighted by Gasteiger charge is 2.29. The van der Waals surface area contributed by atoms with Gasteiger partial charge in [0.05, 0.1) is 5.69 Å². The van der Waals surface area contributed by atoms with Crippen LogP contribution >= 0.6 is 0 Å². The minimum absolute atomic E-state index is 0.00816. The highest BCUT2D eigenvalue weighted by atomic mass is 19.1. The molecule has 0 saturated carbocycles. The Morgan fingerprint density at radius 3 is 2.61 bits per heavy atom. The van der Waals surface area contributed by atoms with E-state index in [4.69, 9.17) is 4.98 Å². The number of hydrogen-bond donors (Lipinski definition) is 0. The average Bonchev–Trinajstić information content (AvgIpc) is 2.86. The van der Waals surface area contributed by atoms with Crippen molar-refractivity contribution in [2.24, 2.45) is 13.0 Å². The van der Waals surface area contributed by atoms with Crippen LogP contribution in [0.5, 0.6) is 0 Å². The zero-order valence-corrected chi connectivity index (χ0v) is 18.2. The molecule has 1 aliphatic heterocycles. The van der Waals surface area contributed by atoms with Crippen LogP contribution in [0.25, 0.3) is 22.0 Å². The molecule has 2 aromatic heterocycles. The van der Waals surface area contributed by atoms with E-state index in [1.54, 1.807) is 43.7 Å². The van der Waals surface area contributed by atoms with Gasteiger partial charge in [-0.3, -0.25) is 19.1 Å². The van der Waals surface area contributed by atoms with Crippen molar-refractivity contribution in [2.75, 3.05) is 18.0 Å². The molecule has 1 unspecified atom stereocenters. The summed E-state index contributed by atoms with van der Waals surface area (Å²) in [5.41, 5.74) is 1.76. The number of rotatable bonds is 4. The van der Waals surface area contributed by atoms with Crippen LogP contribution in [0, 0.1) is 11.7 Å². The Hall–Kier alpha value is -3.87. The molecule has 1 saturated heterocycles. The number of piperidine rings is 1. The molecule has 2 aromatic carbocycles. The van der Waals surface area contributed by atoms with E-state index in [1.165, 1.54) is 16.7 Å². The van der Waals surface area contributed by atoms with Gasteiger partial charge in [-0.25, -0.2) is 9.37 Å². The SMILES string of the molecule is Cn1c(N2CCCC(C(=O)c3ccc(F)c4ccccc34)C2)nc(-c2ccncc2)cc1=O. The fourth-order valence-corrected chi connectivity index (χ4v) is 4.55. The predicted octanol–water partition coefficient (Wildman–Crippen LogP) is 4.23. The largest absolute Gasteiger partial charge is 0.341 e. The third kappa shape index (κ3) is 3.91. The Morgan fingerprint density at radius 1 is 1.06 bits per heavy atom. The summed E-state index contributed by atoms with van der Waals surface area (Å²) in [6.07, 6.45) is 4.86. The Labute approximate surface area is 190 Å². The smallest absolute Gasteiger partial charge is 0.255 e. The lowest BCUT2D eigenvalue weighted by molar-refractivity contribution is 0.0908. The van der Waals surface area contributed by atoms with Gasteiger partial charge in [0, 0.05) is 61.0 Å². The van der Waals surface area contributed by atoms with E-state index in [2.05, 4.69) is 4.98 Å². The zero-order chi connectivity index (χ0) is 22.9. The number of halogens is 1. The molecule has 0 radical (unpaired) electrons. The van der Waals surface area contributed by atoms with Crippen LogP contribution in [0.15, 0.2) is 71.8 Å². The van der Waals surface area contributed by atoms with Crippen molar-refractivity contribution in [1.29, 1.82) is 0 Å². The maximum Gasteiger partial charge on any atom is 0.255 e. The van der Waals surface area contributed by atoms with Crippen LogP contribution in [-0.2, 0) is 7.05 Å². The molecule has 166 valence electrons. The lowest BCUT2D eigenvalue weighted by Crippen LogP contribution is -2.42. The number of aromatic nitrogens is 3. The van der Waals surface area contributed by atoms with E-state index in [1.807, 2.05) is 23.1 Å². The predicted molar refractivity (Wildman–Crippen MR) is 126 cm³/mol. The summed E-state index contributed by atoms with van der Waals surface area (Å²) in [4.78, 5) is 37.0. The van der Waals surface area contributed by atoms with Crippen molar-refractivity contribution < 1.29 is 9.18 Å². The van der Waals surface area contributed by atoms with Crippen LogP contribution in [-0.4, -0.2) is 33.4 Å². The van der Waals surface area contributed by atoms with Crippen molar-refractivity contribution in [2.45, 2.75) is 12.8 Å². The third-order valence-electron chi connectivity index (χ3n) is 6.30. The Bertz CT molecular complexity index is 1400. The summed E-state index contributed by atoms with van der Waals surface area (Å²) in [5.74, 6) is -0.0735. The molecule has 4 aromatic rings. The average molecular weight is 442 g/mol. The van der Waals surface area contributed by atoms with Crippen molar-refractivity contribution in [3.8, 4) is 11.3 Å². The van der Waals surface area contributed by atoms with Crippen LogP contribution in [0.3, 0.4) is 0 Å². The second-order valence-corrected chi connectivity index (χ2v) is 8.36. The molecule has 3 heterocycles. The number of carbonyl (C=O) groups is 1. The molecular formula is C26H23FN4O2. The van der Waals surface area contributed by atoms with Gasteiger partial charge in [-0.1, -0.05) is 24.3 Å². The number of ketones is 1. The fraction of sp³-hybridized carbons (Fsp3) is 0.231.